The summed E-state index contributed by atoms with van der Waals surface area (Å²) in [5, 5.41) is 2.78. The van der Waals surface area contributed by atoms with Crippen molar-refractivity contribution in [3.05, 3.63) is 48.0 Å². The minimum atomic E-state index is 0. The second kappa shape index (κ2) is 6.32. The van der Waals surface area contributed by atoms with Crippen molar-refractivity contribution in [3.63, 3.8) is 0 Å². The Morgan fingerprint density at radius 1 is 0.933 bits per heavy atom. The zero-order valence-corrected chi connectivity index (χ0v) is 8.66. The first-order valence-electron chi connectivity index (χ1n) is 5.38. The van der Waals surface area contributed by atoms with E-state index in [1.165, 1.54) is 35.6 Å². The molecule has 2 aromatic carbocycles. The normalized spacial score (nSPS) is 9.93. The summed E-state index contributed by atoms with van der Waals surface area (Å²) in [5.41, 5.74) is 1.49. The third-order valence-electron chi connectivity index (χ3n) is 2.68. The first-order chi connectivity index (χ1) is 6.92. The number of aryl methyl sites for hydroxylation is 1. The summed E-state index contributed by atoms with van der Waals surface area (Å²) in [4.78, 5) is 0. The van der Waals surface area contributed by atoms with Crippen molar-refractivity contribution >= 4 is 40.3 Å². The van der Waals surface area contributed by atoms with E-state index >= 15 is 0 Å². The molecule has 0 atom stereocenters. The van der Waals surface area contributed by atoms with E-state index in [0.717, 1.165) is 0 Å². The van der Waals surface area contributed by atoms with Gasteiger partial charge in [0.2, 0.25) is 0 Å². The van der Waals surface area contributed by atoms with Gasteiger partial charge in [0.1, 0.15) is 0 Å². The van der Waals surface area contributed by atoms with E-state index < -0.39 is 0 Å². The van der Waals surface area contributed by atoms with Crippen LogP contribution in [-0.2, 0) is 6.42 Å². The molecule has 0 heterocycles. The van der Waals surface area contributed by atoms with E-state index in [1.807, 2.05) is 0 Å². The number of fused-ring (bicyclic) bond motifs is 1. The van der Waals surface area contributed by atoms with Gasteiger partial charge >= 0.3 is 29.6 Å². The zero-order chi connectivity index (χ0) is 9.80. The molecule has 0 spiro atoms. The molecule has 15 heavy (non-hydrogen) atoms. The molecule has 0 saturated carbocycles. The molecule has 0 fully saturated rings. The molecule has 0 aliphatic carbocycles. The van der Waals surface area contributed by atoms with Gasteiger partial charge in [-0.05, 0) is 29.2 Å². The molecule has 0 unspecified atom stereocenters. The third-order valence-corrected chi connectivity index (χ3v) is 2.68. The summed E-state index contributed by atoms with van der Waals surface area (Å²) in [5.74, 6) is 0. The molecule has 0 radical (unpaired) electrons. The van der Waals surface area contributed by atoms with Crippen LogP contribution >= 0.6 is 0 Å². The van der Waals surface area contributed by atoms with Crippen LogP contribution in [0.15, 0.2) is 42.5 Å². The molecule has 0 aromatic heterocycles. The van der Waals surface area contributed by atoms with Crippen LogP contribution in [0.3, 0.4) is 0 Å². The van der Waals surface area contributed by atoms with Crippen LogP contribution in [0.1, 0.15) is 25.3 Å². The van der Waals surface area contributed by atoms with E-state index in [0.29, 0.717) is 0 Å². The van der Waals surface area contributed by atoms with Crippen molar-refractivity contribution in [3.8, 4) is 0 Å². The Labute approximate surface area is 114 Å². The van der Waals surface area contributed by atoms with E-state index in [2.05, 4.69) is 49.4 Å². The maximum absolute atomic E-state index is 2.25. The fourth-order valence-electron chi connectivity index (χ4n) is 1.88. The molecule has 0 nitrogen and oxygen atoms in total. The first-order valence-corrected chi connectivity index (χ1v) is 5.38. The SMILES string of the molecule is CCCCc1cccc2ccccc12.[NaH]. The molecule has 0 aliphatic heterocycles. The summed E-state index contributed by atoms with van der Waals surface area (Å²) < 4.78 is 0. The zero-order valence-electron chi connectivity index (χ0n) is 8.66. The molecule has 1 heteroatoms. The Morgan fingerprint density at radius 2 is 1.67 bits per heavy atom. The number of benzene rings is 2. The Hall–Kier alpha value is -0.300. The van der Waals surface area contributed by atoms with Crippen LogP contribution in [0.5, 0.6) is 0 Å². The van der Waals surface area contributed by atoms with Gasteiger partial charge in [0.05, 0.1) is 0 Å². The Kier molecular flexibility index (Phi) is 5.38. The molecule has 74 valence electrons. The standard InChI is InChI=1S/C14H16.Na.H/c1-2-3-7-12-9-6-10-13-8-4-5-11-14(12)13;;/h4-6,8-11H,2-3,7H2,1H3;;. The average molecular weight is 208 g/mol. The van der Waals surface area contributed by atoms with Crippen LogP contribution in [0.4, 0.5) is 0 Å². The van der Waals surface area contributed by atoms with E-state index in [1.54, 1.807) is 0 Å². The predicted octanol–water partition coefficient (Wildman–Crippen LogP) is 3.53. The van der Waals surface area contributed by atoms with Crippen LogP contribution in [0.25, 0.3) is 10.8 Å². The fourth-order valence-corrected chi connectivity index (χ4v) is 1.88. The van der Waals surface area contributed by atoms with Gasteiger partial charge < -0.3 is 0 Å². The molecule has 0 N–H and O–H groups in total. The molecule has 0 saturated heterocycles. The van der Waals surface area contributed by atoms with Gasteiger partial charge in [-0.1, -0.05) is 55.8 Å². The van der Waals surface area contributed by atoms with Gasteiger partial charge in [-0.15, -0.1) is 0 Å². The molecule has 0 amide bonds. The van der Waals surface area contributed by atoms with Crippen molar-refractivity contribution in [2.75, 3.05) is 0 Å². The summed E-state index contributed by atoms with van der Waals surface area (Å²) in [6.07, 6.45) is 3.76. The van der Waals surface area contributed by atoms with Crippen LogP contribution in [0, 0.1) is 0 Å². The number of rotatable bonds is 3. The van der Waals surface area contributed by atoms with Gasteiger partial charge in [0, 0.05) is 0 Å². The van der Waals surface area contributed by atoms with Crippen LogP contribution in [0.2, 0.25) is 0 Å². The molecule has 0 aliphatic rings. The Morgan fingerprint density at radius 3 is 2.47 bits per heavy atom. The van der Waals surface area contributed by atoms with Crippen molar-refractivity contribution in [1.29, 1.82) is 0 Å². The quantitative estimate of drug-likeness (QED) is 0.677. The van der Waals surface area contributed by atoms with E-state index in [9.17, 15) is 0 Å². The van der Waals surface area contributed by atoms with Crippen molar-refractivity contribution < 1.29 is 0 Å². The second-order valence-electron chi connectivity index (χ2n) is 3.74. The maximum atomic E-state index is 2.25. The summed E-state index contributed by atoms with van der Waals surface area (Å²) in [7, 11) is 0. The van der Waals surface area contributed by atoms with Crippen LogP contribution in [-0.4, -0.2) is 29.6 Å². The summed E-state index contributed by atoms with van der Waals surface area (Å²) in [6.45, 7) is 2.24. The monoisotopic (exact) mass is 208 g/mol. The molecular formula is C14H17Na. The van der Waals surface area contributed by atoms with E-state index in [-0.39, 0.29) is 29.6 Å². The average Bonchev–Trinajstić information content (AvgIpc) is 2.26. The van der Waals surface area contributed by atoms with Gasteiger partial charge in [-0.3, -0.25) is 0 Å². The molecule has 2 aromatic rings. The van der Waals surface area contributed by atoms with Gasteiger partial charge in [-0.2, -0.15) is 0 Å². The first kappa shape index (κ1) is 12.8. The van der Waals surface area contributed by atoms with Crippen molar-refractivity contribution in [1.82, 2.24) is 0 Å². The predicted molar refractivity (Wildman–Crippen MR) is 69.7 cm³/mol. The molecule has 2 rings (SSSR count). The van der Waals surface area contributed by atoms with Gasteiger partial charge in [-0.25, -0.2) is 0 Å². The summed E-state index contributed by atoms with van der Waals surface area (Å²) >= 11 is 0. The molecular weight excluding hydrogens is 191 g/mol. The fraction of sp³-hybridized carbons (Fsp3) is 0.286. The van der Waals surface area contributed by atoms with Gasteiger partial charge in [0.25, 0.3) is 0 Å². The van der Waals surface area contributed by atoms with Crippen molar-refractivity contribution in [2.24, 2.45) is 0 Å². The molecule has 0 bridgehead atoms. The Balaban J connectivity index is 0.00000112. The second-order valence-corrected chi connectivity index (χ2v) is 3.74. The summed E-state index contributed by atoms with van der Waals surface area (Å²) in [6, 6.07) is 15.2. The third kappa shape index (κ3) is 3.07. The topological polar surface area (TPSA) is 0 Å². The minimum absolute atomic E-state index is 0. The Bertz CT molecular complexity index is 415. The number of hydrogen-bond donors (Lipinski definition) is 0. The number of unbranched alkanes of at least 4 members (excludes halogenated alkanes) is 1. The van der Waals surface area contributed by atoms with Crippen LogP contribution < -0.4 is 0 Å². The van der Waals surface area contributed by atoms with E-state index in [4.69, 9.17) is 0 Å². The van der Waals surface area contributed by atoms with Crippen molar-refractivity contribution in [2.45, 2.75) is 26.2 Å². The number of hydrogen-bond acceptors (Lipinski definition) is 0. The van der Waals surface area contributed by atoms with Gasteiger partial charge in [0.15, 0.2) is 0 Å².